The van der Waals surface area contributed by atoms with Gasteiger partial charge in [-0.15, -0.1) is 6.58 Å². The standard InChI is InChI=1S/C12H11N2/c1-2-4-11-5-3-6-12(9-11)14-8-7-13-10-14/h2-3,6-10H,1,4H2. The lowest BCUT2D eigenvalue weighted by atomic mass is 10.1. The molecule has 0 fully saturated rings. The molecule has 0 saturated carbocycles. The molecule has 1 aromatic heterocycles. The third-order valence-electron chi connectivity index (χ3n) is 2.01. The molecule has 69 valence electrons. The van der Waals surface area contributed by atoms with E-state index in [1.54, 1.807) is 12.5 Å². The van der Waals surface area contributed by atoms with Gasteiger partial charge in [-0.1, -0.05) is 12.1 Å². The SMILES string of the molecule is C=CCc1[c]ccc(-n2ccnc2)c1. The first-order chi connectivity index (χ1) is 6.90. The van der Waals surface area contributed by atoms with Crippen LogP contribution in [-0.4, -0.2) is 9.55 Å². The Labute approximate surface area is 83.5 Å². The van der Waals surface area contributed by atoms with Crippen LogP contribution >= 0.6 is 0 Å². The molecule has 0 aliphatic carbocycles. The Hall–Kier alpha value is -1.83. The smallest absolute Gasteiger partial charge is 0.0991 e. The average Bonchev–Trinajstić information content (AvgIpc) is 2.71. The summed E-state index contributed by atoms with van der Waals surface area (Å²) in [5.74, 6) is 0. The molecule has 2 nitrogen and oxygen atoms in total. The highest BCUT2D eigenvalue weighted by molar-refractivity contribution is 5.35. The monoisotopic (exact) mass is 183 g/mol. The summed E-state index contributed by atoms with van der Waals surface area (Å²) in [6.45, 7) is 3.71. The van der Waals surface area contributed by atoms with Crippen molar-refractivity contribution in [2.75, 3.05) is 0 Å². The van der Waals surface area contributed by atoms with Gasteiger partial charge < -0.3 is 4.57 Å². The molecular formula is C12H11N2. The Morgan fingerprint density at radius 2 is 2.50 bits per heavy atom. The molecule has 0 aliphatic heterocycles. The Morgan fingerprint density at radius 1 is 1.57 bits per heavy atom. The van der Waals surface area contributed by atoms with Gasteiger partial charge in [-0.25, -0.2) is 4.98 Å². The Morgan fingerprint density at radius 3 is 3.21 bits per heavy atom. The number of nitrogens with zero attached hydrogens (tertiary/aromatic N) is 2. The van der Waals surface area contributed by atoms with Gasteiger partial charge in [0.25, 0.3) is 0 Å². The number of hydrogen-bond donors (Lipinski definition) is 0. The summed E-state index contributed by atoms with van der Waals surface area (Å²) >= 11 is 0. The van der Waals surface area contributed by atoms with Crippen molar-refractivity contribution in [3.05, 3.63) is 61.2 Å². The van der Waals surface area contributed by atoms with E-state index >= 15 is 0 Å². The largest absolute Gasteiger partial charge is 0.306 e. The van der Waals surface area contributed by atoms with Crippen LogP contribution in [0.4, 0.5) is 0 Å². The molecular weight excluding hydrogens is 172 g/mol. The van der Waals surface area contributed by atoms with Crippen molar-refractivity contribution < 1.29 is 0 Å². The van der Waals surface area contributed by atoms with E-state index in [2.05, 4.69) is 23.7 Å². The molecule has 0 amide bonds. The fourth-order valence-corrected chi connectivity index (χ4v) is 1.35. The van der Waals surface area contributed by atoms with Crippen LogP contribution in [0.5, 0.6) is 0 Å². The Balaban J connectivity index is 2.35. The summed E-state index contributed by atoms with van der Waals surface area (Å²) in [4.78, 5) is 4.01. The van der Waals surface area contributed by atoms with Gasteiger partial charge in [0.2, 0.25) is 0 Å². The van der Waals surface area contributed by atoms with Gasteiger partial charge in [-0.05, 0) is 30.2 Å². The molecule has 0 N–H and O–H groups in total. The van der Waals surface area contributed by atoms with Crippen LogP contribution in [0.1, 0.15) is 5.56 Å². The summed E-state index contributed by atoms with van der Waals surface area (Å²) < 4.78 is 1.97. The first-order valence-corrected chi connectivity index (χ1v) is 4.50. The number of allylic oxidation sites excluding steroid dienone is 1. The van der Waals surface area contributed by atoms with Crippen LogP contribution < -0.4 is 0 Å². The minimum Gasteiger partial charge on any atom is -0.306 e. The molecule has 2 rings (SSSR count). The van der Waals surface area contributed by atoms with E-state index in [9.17, 15) is 0 Å². The van der Waals surface area contributed by atoms with Crippen LogP contribution in [0.2, 0.25) is 0 Å². The highest BCUT2D eigenvalue weighted by Crippen LogP contribution is 2.10. The van der Waals surface area contributed by atoms with E-state index in [-0.39, 0.29) is 0 Å². The highest BCUT2D eigenvalue weighted by Gasteiger charge is 1.96. The van der Waals surface area contributed by atoms with Gasteiger partial charge >= 0.3 is 0 Å². The van der Waals surface area contributed by atoms with Gasteiger partial charge in [0.15, 0.2) is 0 Å². The summed E-state index contributed by atoms with van der Waals surface area (Å²) in [5, 5.41) is 0. The second-order valence-corrected chi connectivity index (χ2v) is 3.03. The zero-order valence-electron chi connectivity index (χ0n) is 7.85. The summed E-state index contributed by atoms with van der Waals surface area (Å²) in [6, 6.07) is 9.19. The number of benzene rings is 1. The predicted octanol–water partition coefficient (Wildman–Crippen LogP) is 2.40. The van der Waals surface area contributed by atoms with Crippen LogP contribution in [0.15, 0.2) is 49.6 Å². The quantitative estimate of drug-likeness (QED) is 0.668. The van der Waals surface area contributed by atoms with Crippen molar-refractivity contribution in [3.8, 4) is 5.69 Å². The molecule has 1 radical (unpaired) electrons. The summed E-state index contributed by atoms with van der Waals surface area (Å²) in [7, 11) is 0. The highest BCUT2D eigenvalue weighted by atomic mass is 15.0. The maximum absolute atomic E-state index is 4.01. The van der Waals surface area contributed by atoms with Crippen molar-refractivity contribution in [3.63, 3.8) is 0 Å². The molecule has 0 unspecified atom stereocenters. The zero-order valence-corrected chi connectivity index (χ0v) is 7.85. The lowest BCUT2D eigenvalue weighted by Crippen LogP contribution is -1.91. The van der Waals surface area contributed by atoms with Crippen molar-refractivity contribution in [1.29, 1.82) is 0 Å². The first kappa shape index (κ1) is 8.75. The van der Waals surface area contributed by atoms with E-state index < -0.39 is 0 Å². The fourth-order valence-electron chi connectivity index (χ4n) is 1.35. The molecule has 1 aromatic carbocycles. The summed E-state index contributed by atoms with van der Waals surface area (Å²) in [5.41, 5.74) is 2.25. The van der Waals surface area contributed by atoms with Crippen molar-refractivity contribution >= 4 is 0 Å². The van der Waals surface area contributed by atoms with Crippen LogP contribution in [0.3, 0.4) is 0 Å². The molecule has 0 aliphatic rings. The number of hydrogen-bond acceptors (Lipinski definition) is 1. The van der Waals surface area contributed by atoms with E-state index in [1.807, 2.05) is 29.0 Å². The minimum absolute atomic E-state index is 0.850. The van der Waals surface area contributed by atoms with Gasteiger partial charge in [-0.2, -0.15) is 0 Å². The van der Waals surface area contributed by atoms with Gasteiger partial charge in [-0.3, -0.25) is 0 Å². The maximum atomic E-state index is 4.01. The molecule has 1 heterocycles. The third kappa shape index (κ3) is 1.74. The summed E-state index contributed by atoms with van der Waals surface area (Å²) in [6.07, 6.45) is 8.20. The van der Waals surface area contributed by atoms with E-state index in [1.165, 1.54) is 0 Å². The lowest BCUT2D eigenvalue weighted by molar-refractivity contribution is 1.05. The molecule has 0 atom stereocenters. The molecule has 2 aromatic rings. The van der Waals surface area contributed by atoms with Crippen molar-refractivity contribution in [1.82, 2.24) is 9.55 Å². The Bertz CT molecular complexity index is 416. The topological polar surface area (TPSA) is 17.8 Å². The van der Waals surface area contributed by atoms with Gasteiger partial charge in [0, 0.05) is 18.1 Å². The number of rotatable bonds is 3. The van der Waals surface area contributed by atoms with Crippen LogP contribution in [0, 0.1) is 6.07 Å². The van der Waals surface area contributed by atoms with Gasteiger partial charge in [0.1, 0.15) is 0 Å². The number of aromatic nitrogens is 2. The second-order valence-electron chi connectivity index (χ2n) is 3.03. The lowest BCUT2D eigenvalue weighted by Gasteiger charge is -2.03. The zero-order chi connectivity index (χ0) is 9.80. The third-order valence-corrected chi connectivity index (χ3v) is 2.01. The van der Waals surface area contributed by atoms with Crippen LogP contribution in [-0.2, 0) is 6.42 Å². The second kappa shape index (κ2) is 3.92. The maximum Gasteiger partial charge on any atom is 0.0991 e. The van der Waals surface area contributed by atoms with Crippen molar-refractivity contribution in [2.45, 2.75) is 6.42 Å². The van der Waals surface area contributed by atoms with E-state index in [4.69, 9.17) is 0 Å². The molecule has 14 heavy (non-hydrogen) atoms. The predicted molar refractivity (Wildman–Crippen MR) is 56.3 cm³/mol. The van der Waals surface area contributed by atoms with Crippen LogP contribution in [0.25, 0.3) is 5.69 Å². The molecule has 0 saturated heterocycles. The normalized spacial score (nSPS) is 10.0. The fraction of sp³-hybridized carbons (Fsp3) is 0.0833. The Kier molecular flexibility index (Phi) is 2.45. The van der Waals surface area contributed by atoms with Crippen molar-refractivity contribution in [2.24, 2.45) is 0 Å². The average molecular weight is 183 g/mol. The van der Waals surface area contributed by atoms with Gasteiger partial charge in [0.05, 0.1) is 6.33 Å². The van der Waals surface area contributed by atoms with E-state index in [0.717, 1.165) is 17.7 Å². The number of imidazole rings is 1. The first-order valence-electron chi connectivity index (χ1n) is 4.50. The molecule has 0 spiro atoms. The van der Waals surface area contributed by atoms with E-state index in [0.29, 0.717) is 0 Å². The molecule has 2 heteroatoms. The molecule has 0 bridgehead atoms. The minimum atomic E-state index is 0.850.